The molecule has 128 valence electrons. The summed E-state index contributed by atoms with van der Waals surface area (Å²) in [4.78, 5) is 30.2. The van der Waals surface area contributed by atoms with Gasteiger partial charge in [-0.2, -0.15) is 0 Å². The SMILES string of the molecule is CCOC1CC(NC(=O)c2nc(C)sc2C)(C(=O)OC)C1(C)C. The molecule has 0 aliphatic heterocycles. The maximum Gasteiger partial charge on any atom is 0.332 e. The number of methoxy groups -OCH3 is 1. The third-order valence-electron chi connectivity index (χ3n) is 4.74. The molecule has 1 aromatic heterocycles. The fourth-order valence-electron chi connectivity index (χ4n) is 3.18. The molecule has 1 heterocycles. The summed E-state index contributed by atoms with van der Waals surface area (Å²) >= 11 is 1.46. The topological polar surface area (TPSA) is 77.5 Å². The van der Waals surface area contributed by atoms with Gasteiger partial charge in [0.25, 0.3) is 5.91 Å². The Morgan fingerprint density at radius 1 is 1.39 bits per heavy atom. The minimum absolute atomic E-state index is 0.106. The van der Waals surface area contributed by atoms with Crippen molar-refractivity contribution in [3.05, 3.63) is 15.6 Å². The number of esters is 1. The van der Waals surface area contributed by atoms with Gasteiger partial charge in [-0.05, 0) is 20.8 Å². The Labute approximate surface area is 140 Å². The summed E-state index contributed by atoms with van der Waals surface area (Å²) < 4.78 is 10.7. The van der Waals surface area contributed by atoms with Crippen molar-refractivity contribution >= 4 is 23.2 Å². The average molecular weight is 340 g/mol. The second-order valence-corrected chi connectivity index (χ2v) is 7.77. The number of thiazole rings is 1. The molecule has 0 radical (unpaired) electrons. The first-order chi connectivity index (χ1) is 10.7. The van der Waals surface area contributed by atoms with E-state index in [9.17, 15) is 9.59 Å². The Kier molecular flexibility index (Phi) is 4.82. The standard InChI is InChI=1S/C16H24N2O4S/c1-7-22-11-8-16(14(20)21-6,15(11,4)5)18-13(19)12-9(2)23-10(3)17-12/h11H,7-8H2,1-6H3,(H,18,19). The van der Waals surface area contributed by atoms with E-state index < -0.39 is 16.9 Å². The number of hydrogen-bond donors (Lipinski definition) is 1. The van der Waals surface area contributed by atoms with Crippen molar-refractivity contribution in [2.24, 2.45) is 5.41 Å². The number of aromatic nitrogens is 1. The zero-order chi connectivity index (χ0) is 17.4. The van der Waals surface area contributed by atoms with Crippen LogP contribution in [0.2, 0.25) is 0 Å². The summed E-state index contributed by atoms with van der Waals surface area (Å²) in [6.07, 6.45) is 0.291. The first-order valence-electron chi connectivity index (χ1n) is 7.66. The van der Waals surface area contributed by atoms with Crippen LogP contribution in [0.25, 0.3) is 0 Å². The van der Waals surface area contributed by atoms with Crippen molar-refractivity contribution in [3.8, 4) is 0 Å². The summed E-state index contributed by atoms with van der Waals surface area (Å²) in [5.74, 6) is -0.795. The molecule has 1 fully saturated rings. The van der Waals surface area contributed by atoms with Crippen LogP contribution in [0.15, 0.2) is 0 Å². The summed E-state index contributed by atoms with van der Waals surface area (Å²) in [5.41, 5.74) is -1.29. The summed E-state index contributed by atoms with van der Waals surface area (Å²) in [7, 11) is 1.33. The van der Waals surface area contributed by atoms with E-state index in [-0.39, 0.29) is 12.0 Å². The molecular formula is C16H24N2O4S. The lowest BCUT2D eigenvalue weighted by atomic mass is 9.54. The Morgan fingerprint density at radius 2 is 2.04 bits per heavy atom. The van der Waals surface area contributed by atoms with Crippen LogP contribution in [0.5, 0.6) is 0 Å². The first kappa shape index (κ1) is 17.9. The summed E-state index contributed by atoms with van der Waals surface area (Å²) in [5, 5.41) is 3.70. The number of nitrogens with zero attached hydrogens (tertiary/aromatic N) is 1. The number of ether oxygens (including phenoxy) is 2. The number of carbonyl (C=O) groups excluding carboxylic acids is 2. The molecule has 1 aromatic rings. The molecule has 23 heavy (non-hydrogen) atoms. The second-order valence-electron chi connectivity index (χ2n) is 6.36. The maximum atomic E-state index is 12.6. The number of aryl methyl sites for hydroxylation is 2. The normalized spacial score (nSPS) is 25.6. The summed E-state index contributed by atoms with van der Waals surface area (Å²) in [6, 6.07) is 0. The van der Waals surface area contributed by atoms with E-state index >= 15 is 0 Å². The van der Waals surface area contributed by atoms with Crippen molar-refractivity contribution in [1.82, 2.24) is 10.3 Å². The van der Waals surface area contributed by atoms with E-state index in [1.54, 1.807) is 0 Å². The van der Waals surface area contributed by atoms with Gasteiger partial charge in [-0.3, -0.25) is 4.79 Å². The third kappa shape index (κ3) is 2.76. The van der Waals surface area contributed by atoms with Gasteiger partial charge in [0.2, 0.25) is 0 Å². The number of hydrogen-bond acceptors (Lipinski definition) is 6. The molecule has 2 atom stereocenters. The minimum Gasteiger partial charge on any atom is -0.467 e. The third-order valence-corrected chi connectivity index (χ3v) is 5.63. The van der Waals surface area contributed by atoms with Crippen molar-refractivity contribution in [2.45, 2.75) is 52.7 Å². The van der Waals surface area contributed by atoms with Gasteiger partial charge in [-0.25, -0.2) is 9.78 Å². The molecule has 1 amide bonds. The second kappa shape index (κ2) is 6.20. The van der Waals surface area contributed by atoms with Crippen LogP contribution in [-0.4, -0.2) is 42.2 Å². The smallest absolute Gasteiger partial charge is 0.332 e. The Morgan fingerprint density at radius 3 is 2.48 bits per heavy atom. The van der Waals surface area contributed by atoms with Crippen molar-refractivity contribution in [3.63, 3.8) is 0 Å². The lowest BCUT2D eigenvalue weighted by Gasteiger charge is -2.58. The maximum absolute atomic E-state index is 12.6. The molecule has 0 aromatic carbocycles. The Balaban J connectivity index is 2.30. The van der Waals surface area contributed by atoms with Gasteiger partial charge < -0.3 is 14.8 Å². The summed E-state index contributed by atoms with van der Waals surface area (Å²) in [6.45, 7) is 9.99. The van der Waals surface area contributed by atoms with E-state index in [4.69, 9.17) is 9.47 Å². The van der Waals surface area contributed by atoms with Crippen LogP contribution in [0.4, 0.5) is 0 Å². The van der Waals surface area contributed by atoms with Crippen molar-refractivity contribution < 1.29 is 19.1 Å². The monoisotopic (exact) mass is 340 g/mol. The van der Waals surface area contributed by atoms with E-state index in [1.165, 1.54) is 18.4 Å². The molecule has 1 N–H and O–H groups in total. The molecule has 1 saturated carbocycles. The first-order valence-corrected chi connectivity index (χ1v) is 8.47. The molecule has 0 saturated heterocycles. The van der Waals surface area contributed by atoms with Gasteiger partial charge in [-0.1, -0.05) is 13.8 Å². The van der Waals surface area contributed by atoms with Crippen molar-refractivity contribution in [2.75, 3.05) is 13.7 Å². The highest BCUT2D eigenvalue weighted by molar-refractivity contribution is 7.11. The fraction of sp³-hybridized carbons (Fsp3) is 0.688. The Bertz CT molecular complexity index is 626. The number of nitrogens with one attached hydrogen (secondary N) is 1. The minimum atomic E-state index is -1.09. The van der Waals surface area contributed by atoms with Crippen molar-refractivity contribution in [1.29, 1.82) is 0 Å². The molecule has 1 aliphatic rings. The molecule has 0 spiro atoms. The highest BCUT2D eigenvalue weighted by Gasteiger charge is 2.67. The van der Waals surface area contributed by atoms with E-state index in [1.807, 2.05) is 34.6 Å². The van der Waals surface area contributed by atoms with Gasteiger partial charge in [0.15, 0.2) is 0 Å². The molecule has 2 unspecified atom stereocenters. The zero-order valence-corrected chi connectivity index (χ0v) is 15.3. The largest absolute Gasteiger partial charge is 0.467 e. The number of rotatable bonds is 5. The van der Waals surface area contributed by atoms with Crippen LogP contribution < -0.4 is 5.32 Å². The molecule has 2 rings (SSSR count). The highest BCUT2D eigenvalue weighted by Crippen LogP contribution is 2.52. The van der Waals surface area contributed by atoms with Crippen LogP contribution in [0, 0.1) is 19.3 Å². The number of amides is 1. The van der Waals surface area contributed by atoms with Gasteiger partial charge >= 0.3 is 5.97 Å². The van der Waals surface area contributed by atoms with Gasteiger partial charge in [-0.15, -0.1) is 11.3 Å². The predicted molar refractivity (Wildman–Crippen MR) is 87.6 cm³/mol. The lowest BCUT2D eigenvalue weighted by molar-refractivity contribution is -0.193. The van der Waals surface area contributed by atoms with Gasteiger partial charge in [0.05, 0.1) is 18.2 Å². The van der Waals surface area contributed by atoms with Crippen LogP contribution >= 0.6 is 11.3 Å². The average Bonchev–Trinajstić information content (AvgIpc) is 2.83. The highest BCUT2D eigenvalue weighted by atomic mass is 32.1. The molecule has 1 aliphatic carbocycles. The molecule has 7 heteroatoms. The molecule has 6 nitrogen and oxygen atoms in total. The van der Waals surface area contributed by atoms with Crippen LogP contribution in [0.3, 0.4) is 0 Å². The molecular weight excluding hydrogens is 316 g/mol. The van der Waals surface area contributed by atoms with Crippen LogP contribution in [0.1, 0.15) is 47.6 Å². The predicted octanol–water partition coefficient (Wildman–Crippen LogP) is 2.24. The quantitative estimate of drug-likeness (QED) is 0.832. The zero-order valence-electron chi connectivity index (χ0n) is 14.5. The fourth-order valence-corrected chi connectivity index (χ4v) is 4.00. The van der Waals surface area contributed by atoms with Gasteiger partial charge in [0.1, 0.15) is 11.2 Å². The lowest BCUT2D eigenvalue weighted by Crippen LogP contribution is -2.76. The van der Waals surface area contributed by atoms with E-state index in [0.717, 1.165) is 9.88 Å². The molecule has 0 bridgehead atoms. The number of carbonyl (C=O) groups is 2. The van der Waals surface area contributed by atoms with Crippen LogP contribution in [-0.2, 0) is 14.3 Å². The Hall–Kier alpha value is -1.47. The van der Waals surface area contributed by atoms with Gasteiger partial charge in [0, 0.05) is 23.3 Å². The van der Waals surface area contributed by atoms with E-state index in [2.05, 4.69) is 10.3 Å². The van der Waals surface area contributed by atoms with E-state index in [0.29, 0.717) is 18.7 Å².